The number of halogens is 1. The number of hydrogen-bond acceptors (Lipinski definition) is 2. The van der Waals surface area contributed by atoms with E-state index in [0.29, 0.717) is 23.7 Å². The summed E-state index contributed by atoms with van der Waals surface area (Å²) in [5.74, 6) is -0.304. The molecule has 4 nitrogen and oxygen atoms in total. The molecule has 1 atom stereocenters. The summed E-state index contributed by atoms with van der Waals surface area (Å²) in [7, 11) is 0. The van der Waals surface area contributed by atoms with Crippen molar-refractivity contribution in [1.29, 1.82) is 0 Å². The lowest BCUT2D eigenvalue weighted by Crippen LogP contribution is -2.43. The topological polar surface area (TPSA) is 49.4 Å². The van der Waals surface area contributed by atoms with Gasteiger partial charge in [-0.1, -0.05) is 23.7 Å². The first-order valence-corrected chi connectivity index (χ1v) is 9.25. The molecule has 1 heterocycles. The Hall–Kier alpha value is -2.33. The summed E-state index contributed by atoms with van der Waals surface area (Å²) in [5, 5.41) is 3.53. The van der Waals surface area contributed by atoms with Gasteiger partial charge in [0.2, 0.25) is 5.91 Å². The fourth-order valence-corrected chi connectivity index (χ4v) is 3.43. The number of hydrogen-bond donors (Lipinski definition) is 1. The molecule has 2 aromatic carbocycles. The average molecular weight is 371 g/mol. The van der Waals surface area contributed by atoms with Crippen LogP contribution in [0.1, 0.15) is 34.3 Å². The van der Waals surface area contributed by atoms with Gasteiger partial charge in [0, 0.05) is 29.4 Å². The minimum Gasteiger partial charge on any atom is -0.338 e. The van der Waals surface area contributed by atoms with Crippen LogP contribution in [0.5, 0.6) is 0 Å². The molecule has 2 aromatic rings. The van der Waals surface area contributed by atoms with Crippen molar-refractivity contribution in [2.75, 3.05) is 18.4 Å². The van der Waals surface area contributed by atoms with Crippen molar-refractivity contribution in [2.24, 2.45) is 5.92 Å². The Morgan fingerprint density at radius 1 is 1.12 bits per heavy atom. The Balaban J connectivity index is 1.66. The number of carbonyl (C=O) groups excluding carboxylic acids is 2. The number of piperidine rings is 1. The van der Waals surface area contributed by atoms with Crippen LogP contribution in [0, 0.1) is 19.8 Å². The highest BCUT2D eigenvalue weighted by molar-refractivity contribution is 6.30. The van der Waals surface area contributed by atoms with Gasteiger partial charge in [-0.3, -0.25) is 9.59 Å². The number of benzene rings is 2. The van der Waals surface area contributed by atoms with Crippen LogP contribution in [-0.4, -0.2) is 29.8 Å². The maximum Gasteiger partial charge on any atom is 0.253 e. The van der Waals surface area contributed by atoms with Crippen LogP contribution in [0.25, 0.3) is 0 Å². The third kappa shape index (κ3) is 4.25. The first kappa shape index (κ1) is 18.5. The van der Waals surface area contributed by atoms with E-state index in [-0.39, 0.29) is 17.7 Å². The van der Waals surface area contributed by atoms with Crippen molar-refractivity contribution >= 4 is 29.1 Å². The highest BCUT2D eigenvalue weighted by atomic mass is 35.5. The van der Waals surface area contributed by atoms with E-state index in [1.54, 1.807) is 29.2 Å². The van der Waals surface area contributed by atoms with Crippen LogP contribution >= 0.6 is 11.6 Å². The molecule has 26 heavy (non-hydrogen) atoms. The molecule has 0 spiro atoms. The standard InChI is InChI=1S/C21H23ClN2O2/c1-14-8-9-19(11-15(14)2)23-20(25)17-6-4-10-24(13-17)21(26)16-5-3-7-18(22)12-16/h3,5,7-9,11-12,17H,4,6,10,13H2,1-2H3,(H,23,25)/t17-/m1/s1. The van der Waals surface area contributed by atoms with Crippen LogP contribution in [-0.2, 0) is 4.79 Å². The summed E-state index contributed by atoms with van der Waals surface area (Å²) >= 11 is 5.99. The predicted octanol–water partition coefficient (Wildman–Crippen LogP) is 4.45. The summed E-state index contributed by atoms with van der Waals surface area (Å²) in [6.45, 7) is 5.17. The number of nitrogens with one attached hydrogen (secondary N) is 1. The highest BCUT2D eigenvalue weighted by Crippen LogP contribution is 2.22. The van der Waals surface area contributed by atoms with Crippen molar-refractivity contribution in [1.82, 2.24) is 4.90 Å². The fraction of sp³-hybridized carbons (Fsp3) is 0.333. The van der Waals surface area contributed by atoms with E-state index in [9.17, 15) is 9.59 Å². The first-order chi connectivity index (χ1) is 12.4. The molecule has 0 aromatic heterocycles. The third-order valence-corrected chi connectivity index (χ3v) is 5.16. The second-order valence-corrected chi connectivity index (χ2v) is 7.33. The molecule has 0 saturated carbocycles. The van der Waals surface area contributed by atoms with E-state index >= 15 is 0 Å². The molecule has 0 aliphatic carbocycles. The second kappa shape index (κ2) is 7.92. The van der Waals surface area contributed by atoms with Crippen molar-refractivity contribution in [3.63, 3.8) is 0 Å². The molecule has 3 rings (SSSR count). The molecule has 5 heteroatoms. The number of nitrogens with zero attached hydrogens (tertiary/aromatic N) is 1. The van der Waals surface area contributed by atoms with Gasteiger partial charge in [-0.05, 0) is 68.1 Å². The Kier molecular flexibility index (Phi) is 5.62. The third-order valence-electron chi connectivity index (χ3n) is 4.93. The number of likely N-dealkylation sites (tertiary alicyclic amines) is 1. The van der Waals surface area contributed by atoms with E-state index in [1.165, 1.54) is 5.56 Å². The highest BCUT2D eigenvalue weighted by Gasteiger charge is 2.29. The largest absolute Gasteiger partial charge is 0.338 e. The Bertz CT molecular complexity index is 835. The minimum atomic E-state index is -0.200. The quantitative estimate of drug-likeness (QED) is 0.867. The fourth-order valence-electron chi connectivity index (χ4n) is 3.24. The van der Waals surface area contributed by atoms with Crippen molar-refractivity contribution in [3.8, 4) is 0 Å². The molecule has 1 N–H and O–H groups in total. The second-order valence-electron chi connectivity index (χ2n) is 6.89. The van der Waals surface area contributed by atoms with Gasteiger partial charge in [0.15, 0.2) is 0 Å². The SMILES string of the molecule is Cc1ccc(NC(=O)[C@@H]2CCCN(C(=O)c3cccc(Cl)c3)C2)cc1C. The minimum absolute atomic E-state index is 0.0307. The molecule has 1 aliphatic rings. The van der Waals surface area contributed by atoms with Gasteiger partial charge in [0.1, 0.15) is 0 Å². The van der Waals surface area contributed by atoms with Crippen LogP contribution in [0.2, 0.25) is 5.02 Å². The average Bonchev–Trinajstić information content (AvgIpc) is 2.64. The smallest absolute Gasteiger partial charge is 0.253 e. The summed E-state index contributed by atoms with van der Waals surface area (Å²) < 4.78 is 0. The van der Waals surface area contributed by atoms with Crippen LogP contribution in [0.4, 0.5) is 5.69 Å². The molecule has 0 bridgehead atoms. The lowest BCUT2D eigenvalue weighted by atomic mass is 9.96. The maximum atomic E-state index is 12.7. The van der Waals surface area contributed by atoms with Crippen molar-refractivity contribution in [2.45, 2.75) is 26.7 Å². The summed E-state index contributed by atoms with van der Waals surface area (Å²) in [6, 6.07) is 12.8. The van der Waals surface area contributed by atoms with E-state index in [2.05, 4.69) is 5.32 Å². The summed E-state index contributed by atoms with van der Waals surface area (Å²) in [6.07, 6.45) is 1.60. The van der Waals surface area contributed by atoms with Gasteiger partial charge in [-0.2, -0.15) is 0 Å². The molecule has 1 fully saturated rings. The first-order valence-electron chi connectivity index (χ1n) is 8.87. The van der Waals surface area contributed by atoms with Crippen LogP contribution in [0.3, 0.4) is 0 Å². The molecule has 1 aliphatic heterocycles. The van der Waals surface area contributed by atoms with Gasteiger partial charge in [0.25, 0.3) is 5.91 Å². The van der Waals surface area contributed by atoms with E-state index < -0.39 is 0 Å². The number of carbonyl (C=O) groups is 2. The van der Waals surface area contributed by atoms with Gasteiger partial charge in [-0.15, -0.1) is 0 Å². The molecule has 2 amide bonds. The monoisotopic (exact) mass is 370 g/mol. The van der Waals surface area contributed by atoms with Crippen molar-refractivity contribution < 1.29 is 9.59 Å². The number of anilines is 1. The molecular weight excluding hydrogens is 348 g/mol. The lowest BCUT2D eigenvalue weighted by molar-refractivity contribution is -0.121. The number of rotatable bonds is 3. The van der Waals surface area contributed by atoms with Gasteiger partial charge in [-0.25, -0.2) is 0 Å². The molecule has 0 radical (unpaired) electrons. The molecule has 136 valence electrons. The van der Waals surface area contributed by atoms with Crippen LogP contribution in [0.15, 0.2) is 42.5 Å². The van der Waals surface area contributed by atoms with E-state index in [1.807, 2.05) is 32.0 Å². The zero-order valence-electron chi connectivity index (χ0n) is 15.1. The van der Waals surface area contributed by atoms with Gasteiger partial charge >= 0.3 is 0 Å². The van der Waals surface area contributed by atoms with Gasteiger partial charge < -0.3 is 10.2 Å². The number of amides is 2. The molecule has 1 saturated heterocycles. The zero-order chi connectivity index (χ0) is 18.7. The van der Waals surface area contributed by atoms with E-state index in [4.69, 9.17) is 11.6 Å². The number of aryl methyl sites for hydroxylation is 2. The molecular formula is C21H23ClN2O2. The van der Waals surface area contributed by atoms with E-state index in [0.717, 1.165) is 24.1 Å². The molecule has 0 unspecified atom stereocenters. The Labute approximate surface area is 159 Å². The predicted molar refractivity (Wildman–Crippen MR) is 105 cm³/mol. The zero-order valence-corrected chi connectivity index (χ0v) is 15.8. The van der Waals surface area contributed by atoms with Crippen LogP contribution < -0.4 is 5.32 Å². The van der Waals surface area contributed by atoms with Crippen molar-refractivity contribution in [3.05, 3.63) is 64.2 Å². The normalized spacial score (nSPS) is 17.0. The summed E-state index contributed by atoms with van der Waals surface area (Å²) in [4.78, 5) is 27.1. The maximum absolute atomic E-state index is 12.7. The Morgan fingerprint density at radius 2 is 1.92 bits per heavy atom. The van der Waals surface area contributed by atoms with Gasteiger partial charge in [0.05, 0.1) is 5.92 Å². The lowest BCUT2D eigenvalue weighted by Gasteiger charge is -2.32. The summed E-state index contributed by atoms with van der Waals surface area (Å²) in [5.41, 5.74) is 3.70. The Morgan fingerprint density at radius 3 is 2.65 bits per heavy atom.